The minimum absolute atomic E-state index is 0. The summed E-state index contributed by atoms with van der Waals surface area (Å²) in [5.74, 6) is -0.951. The van der Waals surface area contributed by atoms with E-state index in [9.17, 15) is 9.90 Å². The molecule has 1 atom stereocenters. The van der Waals surface area contributed by atoms with E-state index in [1.54, 1.807) is 0 Å². The van der Waals surface area contributed by atoms with Gasteiger partial charge in [0.1, 0.15) is 6.04 Å². The smallest absolute Gasteiger partial charge is 0.320 e. The first kappa shape index (κ1) is 19.2. The number of benzene rings is 3. The minimum Gasteiger partial charge on any atom is -0.480 e. The zero-order valence-electron chi connectivity index (χ0n) is 14.8. The number of halogens is 1. The second-order valence-electron chi connectivity index (χ2n) is 6.85. The van der Waals surface area contributed by atoms with Crippen molar-refractivity contribution < 1.29 is 9.90 Å². The average molecular weight is 380 g/mol. The fourth-order valence-corrected chi connectivity index (χ4v) is 4.27. The molecular formula is C23H22ClNO2. The first-order chi connectivity index (χ1) is 12.6. The molecule has 4 heteroatoms. The Bertz CT molecular complexity index is 910. The Morgan fingerprint density at radius 2 is 1.33 bits per heavy atom. The molecule has 0 heterocycles. The number of hydrogen-bond donors (Lipinski definition) is 2. The van der Waals surface area contributed by atoms with Crippen LogP contribution < -0.4 is 5.73 Å². The van der Waals surface area contributed by atoms with E-state index in [1.807, 2.05) is 18.2 Å². The van der Waals surface area contributed by atoms with Gasteiger partial charge in [-0.3, -0.25) is 4.79 Å². The molecular weight excluding hydrogens is 358 g/mol. The maximum Gasteiger partial charge on any atom is 0.320 e. The Hall–Kier alpha value is -2.62. The first-order valence-corrected chi connectivity index (χ1v) is 8.88. The van der Waals surface area contributed by atoms with Crippen LogP contribution >= 0.6 is 12.4 Å². The number of nitrogens with two attached hydrogens (primary N) is 1. The second kappa shape index (κ2) is 7.55. The third-order valence-electron chi connectivity index (χ3n) is 5.48. The molecule has 1 aliphatic carbocycles. The topological polar surface area (TPSA) is 63.3 Å². The first-order valence-electron chi connectivity index (χ1n) is 8.88. The third kappa shape index (κ3) is 3.03. The minimum atomic E-state index is -0.951. The van der Waals surface area contributed by atoms with Gasteiger partial charge in [-0.05, 0) is 40.7 Å². The highest BCUT2D eigenvalue weighted by atomic mass is 35.5. The van der Waals surface area contributed by atoms with Crippen LogP contribution in [0.2, 0.25) is 0 Å². The predicted molar refractivity (Wildman–Crippen MR) is 110 cm³/mol. The van der Waals surface area contributed by atoms with E-state index in [2.05, 4.69) is 60.7 Å². The lowest BCUT2D eigenvalue weighted by Crippen LogP contribution is -2.34. The maximum atomic E-state index is 11.3. The van der Waals surface area contributed by atoms with Gasteiger partial charge < -0.3 is 10.8 Å². The van der Waals surface area contributed by atoms with Gasteiger partial charge in [0.25, 0.3) is 0 Å². The van der Waals surface area contributed by atoms with Gasteiger partial charge in [-0.1, -0.05) is 78.9 Å². The second-order valence-corrected chi connectivity index (χ2v) is 6.85. The highest BCUT2D eigenvalue weighted by Crippen LogP contribution is 2.54. The summed E-state index contributed by atoms with van der Waals surface area (Å²) >= 11 is 0. The molecule has 0 amide bonds. The lowest BCUT2D eigenvalue weighted by molar-refractivity contribution is -0.138. The number of carbonyl (C=O) groups is 1. The van der Waals surface area contributed by atoms with E-state index in [0.717, 1.165) is 0 Å². The molecule has 1 aliphatic rings. The van der Waals surface area contributed by atoms with Gasteiger partial charge in [-0.2, -0.15) is 0 Å². The molecule has 0 bridgehead atoms. The largest absolute Gasteiger partial charge is 0.480 e. The quantitative estimate of drug-likeness (QED) is 0.680. The number of carboxylic acid groups (broad SMARTS) is 1. The van der Waals surface area contributed by atoms with Crippen LogP contribution in [0.1, 0.15) is 29.5 Å². The Labute approximate surface area is 165 Å². The van der Waals surface area contributed by atoms with Gasteiger partial charge in [0.05, 0.1) is 0 Å². The van der Waals surface area contributed by atoms with Gasteiger partial charge in [-0.25, -0.2) is 0 Å². The van der Waals surface area contributed by atoms with Crippen molar-refractivity contribution in [1.29, 1.82) is 0 Å². The highest BCUT2D eigenvalue weighted by molar-refractivity contribution is 5.85. The average Bonchev–Trinajstić information content (AvgIpc) is 2.98. The molecule has 27 heavy (non-hydrogen) atoms. The number of hydrogen-bond acceptors (Lipinski definition) is 2. The van der Waals surface area contributed by atoms with Gasteiger partial charge in [0.15, 0.2) is 0 Å². The molecule has 1 unspecified atom stereocenters. The summed E-state index contributed by atoms with van der Waals surface area (Å²) in [6, 6.07) is 26.3. The van der Waals surface area contributed by atoms with Crippen LogP contribution in [0.15, 0.2) is 78.9 Å². The van der Waals surface area contributed by atoms with E-state index >= 15 is 0 Å². The van der Waals surface area contributed by atoms with Crippen LogP contribution in [0.4, 0.5) is 0 Å². The van der Waals surface area contributed by atoms with E-state index in [1.165, 1.54) is 27.8 Å². The standard InChI is InChI=1S/C23H21NO2.ClH/c24-21(22(25)26)14-15-23(16-8-2-1-3-9-16)19-12-6-4-10-17(19)18-11-5-7-13-20(18)23;/h1-13,21H,14-15,24H2,(H,25,26);1H. The van der Waals surface area contributed by atoms with Crippen LogP contribution in [-0.4, -0.2) is 17.1 Å². The van der Waals surface area contributed by atoms with E-state index in [-0.39, 0.29) is 17.8 Å². The SMILES string of the molecule is Cl.NC(CCC1(c2ccccc2)c2ccccc2-c2ccccc21)C(=O)O. The Morgan fingerprint density at radius 1 is 0.852 bits per heavy atom. The molecule has 0 aromatic heterocycles. The van der Waals surface area contributed by atoms with Gasteiger partial charge in [0.2, 0.25) is 0 Å². The lowest BCUT2D eigenvalue weighted by Gasteiger charge is -2.33. The summed E-state index contributed by atoms with van der Waals surface area (Å²) in [6.07, 6.45) is 1.06. The summed E-state index contributed by atoms with van der Waals surface area (Å²) in [5.41, 5.74) is 11.6. The Morgan fingerprint density at radius 3 is 1.85 bits per heavy atom. The van der Waals surface area contributed by atoms with Crippen molar-refractivity contribution in [3.63, 3.8) is 0 Å². The molecule has 138 valence electrons. The van der Waals surface area contributed by atoms with Crippen molar-refractivity contribution in [3.05, 3.63) is 95.6 Å². The third-order valence-corrected chi connectivity index (χ3v) is 5.48. The van der Waals surface area contributed by atoms with Crippen LogP contribution in [0.25, 0.3) is 11.1 Å². The summed E-state index contributed by atoms with van der Waals surface area (Å²) in [5, 5.41) is 9.28. The van der Waals surface area contributed by atoms with Gasteiger partial charge in [0, 0.05) is 5.41 Å². The fraction of sp³-hybridized carbons (Fsp3) is 0.174. The molecule has 3 nitrogen and oxygen atoms in total. The summed E-state index contributed by atoms with van der Waals surface area (Å²) < 4.78 is 0. The maximum absolute atomic E-state index is 11.3. The molecule has 3 aromatic rings. The molecule has 0 fully saturated rings. The highest BCUT2D eigenvalue weighted by Gasteiger charge is 2.44. The van der Waals surface area contributed by atoms with Crippen molar-refractivity contribution in [1.82, 2.24) is 0 Å². The lowest BCUT2D eigenvalue weighted by atomic mass is 9.69. The number of fused-ring (bicyclic) bond motifs is 3. The molecule has 0 aliphatic heterocycles. The zero-order valence-corrected chi connectivity index (χ0v) is 15.7. The van der Waals surface area contributed by atoms with E-state index < -0.39 is 12.0 Å². The summed E-state index contributed by atoms with van der Waals surface area (Å²) in [4.78, 5) is 11.3. The molecule has 0 saturated carbocycles. The molecule has 0 radical (unpaired) electrons. The number of rotatable bonds is 5. The molecule has 3 N–H and O–H groups in total. The molecule has 0 saturated heterocycles. The fourth-order valence-electron chi connectivity index (χ4n) is 4.27. The molecule has 4 rings (SSSR count). The van der Waals surface area contributed by atoms with Crippen LogP contribution in [0.3, 0.4) is 0 Å². The van der Waals surface area contributed by atoms with Crippen molar-refractivity contribution in [3.8, 4) is 11.1 Å². The Balaban J connectivity index is 0.00000210. The van der Waals surface area contributed by atoms with Crippen LogP contribution in [0, 0.1) is 0 Å². The van der Waals surface area contributed by atoms with Crippen LogP contribution in [0.5, 0.6) is 0 Å². The number of aliphatic carboxylic acids is 1. The summed E-state index contributed by atoms with van der Waals surface area (Å²) in [7, 11) is 0. The van der Waals surface area contributed by atoms with Crippen molar-refractivity contribution in [2.75, 3.05) is 0 Å². The predicted octanol–water partition coefficient (Wildman–Crippen LogP) is 4.62. The Kier molecular flexibility index (Phi) is 5.36. The normalized spacial score (nSPS) is 14.6. The van der Waals surface area contributed by atoms with Crippen LogP contribution in [-0.2, 0) is 10.2 Å². The van der Waals surface area contributed by atoms with Gasteiger partial charge in [-0.15, -0.1) is 12.4 Å². The molecule has 0 spiro atoms. The van der Waals surface area contributed by atoms with Gasteiger partial charge >= 0.3 is 5.97 Å². The molecule has 3 aromatic carbocycles. The van der Waals surface area contributed by atoms with E-state index in [4.69, 9.17) is 5.73 Å². The summed E-state index contributed by atoms with van der Waals surface area (Å²) in [6.45, 7) is 0. The van der Waals surface area contributed by atoms with Crippen molar-refractivity contribution in [2.45, 2.75) is 24.3 Å². The van der Waals surface area contributed by atoms with Crippen molar-refractivity contribution in [2.24, 2.45) is 5.73 Å². The number of carboxylic acids is 1. The monoisotopic (exact) mass is 379 g/mol. The van der Waals surface area contributed by atoms with Crippen molar-refractivity contribution >= 4 is 18.4 Å². The van der Waals surface area contributed by atoms with E-state index in [0.29, 0.717) is 12.8 Å². The zero-order chi connectivity index (χ0) is 18.1.